The number of hydrogen-bond acceptors (Lipinski definition) is 3. The summed E-state index contributed by atoms with van der Waals surface area (Å²) >= 11 is 5.97. The summed E-state index contributed by atoms with van der Waals surface area (Å²) in [5.41, 5.74) is 3.84. The molecular formula is C12H12ClN3O. The Morgan fingerprint density at radius 2 is 2.29 bits per heavy atom. The molecular weight excluding hydrogens is 238 g/mol. The van der Waals surface area contributed by atoms with Gasteiger partial charge in [-0.25, -0.2) is 4.68 Å². The van der Waals surface area contributed by atoms with Crippen LogP contribution in [0.15, 0.2) is 24.3 Å². The Bertz CT molecular complexity index is 565. The Kier molecular flexibility index (Phi) is 2.63. The maximum absolute atomic E-state index is 9.48. The summed E-state index contributed by atoms with van der Waals surface area (Å²) in [6, 6.07) is 7.48. The minimum absolute atomic E-state index is 0.0173. The van der Waals surface area contributed by atoms with Gasteiger partial charge < -0.3 is 10.4 Å². The lowest BCUT2D eigenvalue weighted by Crippen LogP contribution is -2.09. The van der Waals surface area contributed by atoms with Crippen molar-refractivity contribution in [1.29, 1.82) is 0 Å². The van der Waals surface area contributed by atoms with Crippen molar-refractivity contribution in [2.45, 2.75) is 19.7 Å². The van der Waals surface area contributed by atoms with E-state index in [4.69, 9.17) is 11.6 Å². The molecule has 0 atom stereocenters. The van der Waals surface area contributed by atoms with E-state index in [-0.39, 0.29) is 6.61 Å². The SMILES string of the molecule is OCc1c2c(nn1-c1cccc(Cl)c1)CNC2. The van der Waals surface area contributed by atoms with E-state index >= 15 is 0 Å². The monoisotopic (exact) mass is 249 g/mol. The van der Waals surface area contributed by atoms with Crippen LogP contribution in [0.1, 0.15) is 17.0 Å². The number of nitrogens with zero attached hydrogens (tertiary/aromatic N) is 2. The van der Waals surface area contributed by atoms with Crippen molar-refractivity contribution in [3.63, 3.8) is 0 Å². The Morgan fingerprint density at radius 3 is 3.06 bits per heavy atom. The van der Waals surface area contributed by atoms with Gasteiger partial charge >= 0.3 is 0 Å². The predicted molar refractivity (Wildman–Crippen MR) is 65.0 cm³/mol. The summed E-state index contributed by atoms with van der Waals surface area (Å²) in [5, 5.41) is 17.9. The fourth-order valence-electron chi connectivity index (χ4n) is 2.17. The first-order valence-electron chi connectivity index (χ1n) is 5.47. The minimum atomic E-state index is -0.0173. The van der Waals surface area contributed by atoms with Crippen LogP contribution in [-0.4, -0.2) is 14.9 Å². The maximum Gasteiger partial charge on any atom is 0.0857 e. The van der Waals surface area contributed by atoms with E-state index in [2.05, 4.69) is 10.4 Å². The van der Waals surface area contributed by atoms with E-state index < -0.39 is 0 Å². The van der Waals surface area contributed by atoms with Crippen LogP contribution < -0.4 is 5.32 Å². The van der Waals surface area contributed by atoms with E-state index in [1.54, 1.807) is 4.68 Å². The van der Waals surface area contributed by atoms with Crippen LogP contribution >= 0.6 is 11.6 Å². The van der Waals surface area contributed by atoms with E-state index in [9.17, 15) is 5.11 Å². The fraction of sp³-hybridized carbons (Fsp3) is 0.250. The van der Waals surface area contributed by atoms with Crippen LogP contribution in [0.25, 0.3) is 5.69 Å². The quantitative estimate of drug-likeness (QED) is 0.851. The van der Waals surface area contributed by atoms with Gasteiger partial charge in [0.1, 0.15) is 0 Å². The summed E-state index contributed by atoms with van der Waals surface area (Å²) in [4.78, 5) is 0. The molecule has 1 aromatic heterocycles. The zero-order chi connectivity index (χ0) is 11.8. The summed E-state index contributed by atoms with van der Waals surface area (Å²) in [6.07, 6.45) is 0. The lowest BCUT2D eigenvalue weighted by Gasteiger charge is -2.07. The standard InChI is InChI=1S/C12H12ClN3O/c13-8-2-1-3-9(4-8)16-12(7-17)10-5-14-6-11(10)15-16/h1-4,14,17H,5-7H2. The largest absolute Gasteiger partial charge is 0.390 e. The number of fused-ring (bicyclic) bond motifs is 1. The van der Waals surface area contributed by atoms with Gasteiger partial charge in [0.2, 0.25) is 0 Å². The number of aromatic nitrogens is 2. The Hall–Kier alpha value is -1.36. The molecule has 0 fully saturated rings. The number of benzene rings is 1. The van der Waals surface area contributed by atoms with E-state index in [1.807, 2.05) is 24.3 Å². The average Bonchev–Trinajstić information content (AvgIpc) is 2.88. The van der Waals surface area contributed by atoms with Crippen LogP contribution in [0.4, 0.5) is 0 Å². The summed E-state index contributed by atoms with van der Waals surface area (Å²) in [5.74, 6) is 0. The van der Waals surface area contributed by atoms with E-state index in [0.29, 0.717) is 5.02 Å². The van der Waals surface area contributed by atoms with Crippen LogP contribution in [-0.2, 0) is 19.7 Å². The lowest BCUT2D eigenvalue weighted by molar-refractivity contribution is 0.271. The molecule has 0 radical (unpaired) electrons. The van der Waals surface area contributed by atoms with Crippen LogP contribution in [0.5, 0.6) is 0 Å². The van der Waals surface area contributed by atoms with Crippen molar-refractivity contribution in [2.75, 3.05) is 0 Å². The molecule has 5 heteroatoms. The summed E-state index contributed by atoms with van der Waals surface area (Å²) < 4.78 is 1.78. The Morgan fingerprint density at radius 1 is 1.41 bits per heavy atom. The molecule has 0 saturated carbocycles. The third-order valence-electron chi connectivity index (χ3n) is 2.97. The molecule has 0 amide bonds. The van der Waals surface area contributed by atoms with Crippen molar-refractivity contribution in [1.82, 2.24) is 15.1 Å². The third-order valence-corrected chi connectivity index (χ3v) is 3.20. The van der Waals surface area contributed by atoms with Crippen molar-refractivity contribution >= 4 is 11.6 Å². The maximum atomic E-state index is 9.48. The molecule has 88 valence electrons. The molecule has 2 N–H and O–H groups in total. The van der Waals surface area contributed by atoms with E-state index in [1.165, 1.54) is 0 Å². The molecule has 4 nitrogen and oxygen atoms in total. The van der Waals surface area contributed by atoms with Gasteiger partial charge in [-0.1, -0.05) is 17.7 Å². The first-order chi connectivity index (χ1) is 8.29. The second kappa shape index (κ2) is 4.14. The summed E-state index contributed by atoms with van der Waals surface area (Å²) in [6.45, 7) is 1.51. The van der Waals surface area contributed by atoms with Gasteiger partial charge in [-0.15, -0.1) is 0 Å². The Balaban J connectivity index is 2.15. The number of aliphatic hydroxyl groups is 1. The molecule has 0 aliphatic carbocycles. The molecule has 0 spiro atoms. The van der Waals surface area contributed by atoms with Gasteiger partial charge in [-0.05, 0) is 18.2 Å². The number of rotatable bonds is 2. The van der Waals surface area contributed by atoms with Gasteiger partial charge in [0.15, 0.2) is 0 Å². The third kappa shape index (κ3) is 1.74. The molecule has 1 aliphatic rings. The molecule has 1 aliphatic heterocycles. The average molecular weight is 250 g/mol. The van der Waals surface area contributed by atoms with Gasteiger partial charge in [-0.3, -0.25) is 0 Å². The van der Waals surface area contributed by atoms with Gasteiger partial charge in [0, 0.05) is 23.7 Å². The molecule has 0 saturated heterocycles. The highest BCUT2D eigenvalue weighted by atomic mass is 35.5. The van der Waals surface area contributed by atoms with Crippen molar-refractivity contribution in [3.8, 4) is 5.69 Å². The van der Waals surface area contributed by atoms with Crippen molar-refractivity contribution in [2.24, 2.45) is 0 Å². The first kappa shape index (κ1) is 10.8. The molecule has 0 bridgehead atoms. The predicted octanol–water partition coefficient (Wildman–Crippen LogP) is 1.62. The number of hydrogen-bond donors (Lipinski definition) is 2. The summed E-state index contributed by atoms with van der Waals surface area (Å²) in [7, 11) is 0. The fourth-order valence-corrected chi connectivity index (χ4v) is 2.36. The lowest BCUT2D eigenvalue weighted by atomic mass is 10.2. The normalized spacial score (nSPS) is 14.0. The second-order valence-corrected chi connectivity index (χ2v) is 4.46. The molecule has 2 aromatic rings. The zero-order valence-corrected chi connectivity index (χ0v) is 9.91. The number of aliphatic hydroxyl groups excluding tert-OH is 1. The molecule has 1 aromatic carbocycles. The second-order valence-electron chi connectivity index (χ2n) is 4.03. The molecule has 2 heterocycles. The van der Waals surface area contributed by atoms with Crippen LogP contribution in [0, 0.1) is 0 Å². The Labute approximate surface area is 104 Å². The number of nitrogens with one attached hydrogen (secondary N) is 1. The topological polar surface area (TPSA) is 50.1 Å². The molecule has 17 heavy (non-hydrogen) atoms. The zero-order valence-electron chi connectivity index (χ0n) is 9.15. The van der Waals surface area contributed by atoms with Crippen LogP contribution in [0.2, 0.25) is 5.02 Å². The van der Waals surface area contributed by atoms with Crippen LogP contribution in [0.3, 0.4) is 0 Å². The van der Waals surface area contributed by atoms with Crippen molar-refractivity contribution in [3.05, 3.63) is 46.2 Å². The molecule has 3 rings (SSSR count). The van der Waals surface area contributed by atoms with Crippen molar-refractivity contribution < 1.29 is 5.11 Å². The van der Waals surface area contributed by atoms with Gasteiger partial charge in [-0.2, -0.15) is 5.10 Å². The first-order valence-corrected chi connectivity index (χ1v) is 5.84. The van der Waals surface area contributed by atoms with Gasteiger partial charge in [0.25, 0.3) is 0 Å². The smallest absolute Gasteiger partial charge is 0.0857 e. The van der Waals surface area contributed by atoms with Gasteiger partial charge in [0.05, 0.1) is 23.7 Å². The highest BCUT2D eigenvalue weighted by molar-refractivity contribution is 6.30. The van der Waals surface area contributed by atoms with E-state index in [0.717, 1.165) is 35.7 Å². The minimum Gasteiger partial charge on any atom is -0.390 e. The number of halogens is 1. The highest BCUT2D eigenvalue weighted by Gasteiger charge is 2.21. The highest BCUT2D eigenvalue weighted by Crippen LogP contribution is 2.23. The molecule has 0 unspecified atom stereocenters.